The van der Waals surface area contributed by atoms with Crippen LogP contribution in [-0.2, 0) is 9.47 Å². The minimum absolute atomic E-state index is 0.0435. The molecule has 1 saturated carbocycles. The van der Waals surface area contributed by atoms with Gasteiger partial charge in [0.2, 0.25) is 0 Å². The molecule has 1 aliphatic carbocycles. The van der Waals surface area contributed by atoms with Crippen LogP contribution in [0.4, 0.5) is 0 Å². The van der Waals surface area contributed by atoms with E-state index in [9.17, 15) is 4.79 Å². The van der Waals surface area contributed by atoms with E-state index in [0.717, 1.165) is 29.9 Å². The van der Waals surface area contributed by atoms with E-state index >= 15 is 0 Å². The predicted octanol–water partition coefficient (Wildman–Crippen LogP) is 3.14. The standard InChI is InChI=1S/C22H25NO4/c1-25-13-18-20(17-11-12-27-21(17)18)23-22(24)15-9-7-14(8-10-15)16-5-3-4-6-19(16)26-2/h3-10,17-18,20-21H,11-13H2,1-2H3,(H,23,24)/t17-,18-,20-,21-/m0/s1. The highest BCUT2D eigenvalue weighted by molar-refractivity contribution is 5.95. The summed E-state index contributed by atoms with van der Waals surface area (Å²) in [6, 6.07) is 15.6. The number of hydrogen-bond donors (Lipinski definition) is 1. The normalized spacial score (nSPS) is 26.1. The summed E-state index contributed by atoms with van der Waals surface area (Å²) in [4.78, 5) is 12.7. The summed E-state index contributed by atoms with van der Waals surface area (Å²) in [5.41, 5.74) is 2.69. The van der Waals surface area contributed by atoms with Gasteiger partial charge in [-0.25, -0.2) is 0 Å². The van der Waals surface area contributed by atoms with E-state index in [1.165, 1.54) is 0 Å². The number of nitrogens with one attached hydrogen (secondary N) is 1. The smallest absolute Gasteiger partial charge is 0.251 e. The van der Waals surface area contributed by atoms with Gasteiger partial charge in [-0.1, -0.05) is 30.3 Å². The fourth-order valence-corrected chi connectivity index (χ4v) is 4.35. The fourth-order valence-electron chi connectivity index (χ4n) is 4.35. The van der Waals surface area contributed by atoms with E-state index < -0.39 is 0 Å². The van der Waals surface area contributed by atoms with Gasteiger partial charge in [-0.05, 0) is 30.2 Å². The van der Waals surface area contributed by atoms with Gasteiger partial charge in [0, 0.05) is 42.7 Å². The number of carbonyl (C=O) groups is 1. The molecule has 4 atom stereocenters. The van der Waals surface area contributed by atoms with Crippen LogP contribution in [0.25, 0.3) is 11.1 Å². The monoisotopic (exact) mass is 367 g/mol. The van der Waals surface area contributed by atoms with Gasteiger partial charge in [0.15, 0.2) is 0 Å². The van der Waals surface area contributed by atoms with Crippen molar-refractivity contribution in [3.05, 3.63) is 54.1 Å². The lowest BCUT2D eigenvalue weighted by Crippen LogP contribution is -2.62. The quantitative estimate of drug-likeness (QED) is 0.852. The molecule has 1 saturated heterocycles. The Hall–Kier alpha value is -2.37. The Morgan fingerprint density at radius 1 is 1.15 bits per heavy atom. The summed E-state index contributed by atoms with van der Waals surface area (Å²) in [5.74, 6) is 1.41. The zero-order valence-electron chi connectivity index (χ0n) is 15.7. The summed E-state index contributed by atoms with van der Waals surface area (Å²) >= 11 is 0. The second-order valence-electron chi connectivity index (χ2n) is 7.18. The Morgan fingerprint density at radius 2 is 1.93 bits per heavy atom. The largest absolute Gasteiger partial charge is 0.496 e. The first-order valence-electron chi connectivity index (χ1n) is 9.38. The van der Waals surface area contributed by atoms with Gasteiger partial charge >= 0.3 is 0 Å². The highest BCUT2D eigenvalue weighted by Gasteiger charge is 2.54. The number of benzene rings is 2. The number of ether oxygens (including phenoxy) is 3. The minimum atomic E-state index is -0.0435. The maximum absolute atomic E-state index is 12.7. The van der Waals surface area contributed by atoms with Crippen LogP contribution in [0.15, 0.2) is 48.5 Å². The van der Waals surface area contributed by atoms with Crippen LogP contribution in [-0.4, -0.2) is 45.5 Å². The molecule has 0 radical (unpaired) electrons. The molecule has 4 rings (SSSR count). The van der Waals surface area contributed by atoms with Crippen LogP contribution in [0.2, 0.25) is 0 Å². The molecule has 0 aromatic heterocycles. The summed E-state index contributed by atoms with van der Waals surface area (Å²) in [6.45, 7) is 1.38. The molecule has 0 spiro atoms. The molecule has 2 fully saturated rings. The van der Waals surface area contributed by atoms with Gasteiger partial charge in [-0.3, -0.25) is 4.79 Å². The van der Waals surface area contributed by atoms with Crippen molar-refractivity contribution in [1.29, 1.82) is 0 Å². The van der Waals surface area contributed by atoms with Crippen LogP contribution >= 0.6 is 0 Å². The van der Waals surface area contributed by atoms with Gasteiger partial charge in [0.25, 0.3) is 5.91 Å². The molecule has 1 heterocycles. The molecule has 0 unspecified atom stereocenters. The maximum Gasteiger partial charge on any atom is 0.251 e. The van der Waals surface area contributed by atoms with Crippen molar-refractivity contribution < 1.29 is 19.0 Å². The zero-order chi connectivity index (χ0) is 18.8. The summed E-state index contributed by atoms with van der Waals surface area (Å²) < 4.78 is 16.5. The lowest BCUT2D eigenvalue weighted by Gasteiger charge is -2.47. The molecule has 142 valence electrons. The average Bonchev–Trinajstić information content (AvgIpc) is 3.14. The Labute approximate surface area is 159 Å². The van der Waals surface area contributed by atoms with Crippen molar-refractivity contribution in [2.45, 2.75) is 18.6 Å². The lowest BCUT2D eigenvalue weighted by atomic mass is 9.67. The lowest BCUT2D eigenvalue weighted by molar-refractivity contribution is -0.0809. The fraction of sp³-hybridized carbons (Fsp3) is 0.409. The molecule has 27 heavy (non-hydrogen) atoms. The Balaban J connectivity index is 1.47. The van der Waals surface area contributed by atoms with Crippen LogP contribution in [0.3, 0.4) is 0 Å². The van der Waals surface area contributed by atoms with E-state index in [1.54, 1.807) is 14.2 Å². The average molecular weight is 367 g/mol. The van der Waals surface area contributed by atoms with Crippen molar-refractivity contribution in [3.63, 3.8) is 0 Å². The SMILES string of the molecule is COC[C@H]1[C@@H](NC(=O)c2ccc(-c3ccccc3OC)cc2)[C@@H]2CCO[C@@H]21. The van der Waals surface area contributed by atoms with Gasteiger partial charge in [0.1, 0.15) is 5.75 Å². The highest BCUT2D eigenvalue weighted by atomic mass is 16.5. The number of para-hydroxylation sites is 1. The van der Waals surface area contributed by atoms with Gasteiger partial charge in [0.05, 0.1) is 19.8 Å². The first-order valence-corrected chi connectivity index (χ1v) is 9.38. The summed E-state index contributed by atoms with van der Waals surface area (Å²) in [5, 5.41) is 3.20. The molecule has 5 nitrogen and oxygen atoms in total. The van der Waals surface area contributed by atoms with E-state index in [0.29, 0.717) is 18.1 Å². The maximum atomic E-state index is 12.7. The van der Waals surface area contributed by atoms with Gasteiger partial charge in [-0.15, -0.1) is 0 Å². The van der Waals surface area contributed by atoms with Crippen LogP contribution in [0.5, 0.6) is 5.75 Å². The van der Waals surface area contributed by atoms with Crippen LogP contribution < -0.4 is 10.1 Å². The van der Waals surface area contributed by atoms with Gasteiger partial charge < -0.3 is 19.5 Å². The predicted molar refractivity (Wildman–Crippen MR) is 103 cm³/mol. The number of methoxy groups -OCH3 is 2. The molecular formula is C22H25NO4. The second kappa shape index (κ2) is 7.71. The second-order valence-corrected chi connectivity index (χ2v) is 7.18. The van der Waals surface area contributed by atoms with E-state index in [4.69, 9.17) is 14.2 Å². The Bertz CT molecular complexity index is 804. The van der Waals surface area contributed by atoms with Crippen molar-refractivity contribution in [2.75, 3.05) is 27.4 Å². The first-order chi connectivity index (χ1) is 13.2. The third kappa shape index (κ3) is 3.33. The minimum Gasteiger partial charge on any atom is -0.496 e. The number of rotatable bonds is 6. The Kier molecular flexibility index (Phi) is 5.14. The van der Waals surface area contributed by atoms with Crippen molar-refractivity contribution in [1.82, 2.24) is 5.32 Å². The number of amides is 1. The van der Waals surface area contributed by atoms with Gasteiger partial charge in [-0.2, -0.15) is 0 Å². The molecule has 2 aliphatic rings. The third-order valence-electron chi connectivity index (χ3n) is 5.75. The van der Waals surface area contributed by atoms with E-state index in [2.05, 4.69) is 5.32 Å². The van der Waals surface area contributed by atoms with Crippen molar-refractivity contribution in [2.24, 2.45) is 11.8 Å². The van der Waals surface area contributed by atoms with Crippen molar-refractivity contribution >= 4 is 5.91 Å². The molecule has 1 aliphatic heterocycles. The molecule has 0 bridgehead atoms. The molecule has 1 N–H and O–H groups in total. The summed E-state index contributed by atoms with van der Waals surface area (Å²) in [6.07, 6.45) is 1.23. The van der Waals surface area contributed by atoms with Crippen LogP contribution in [0, 0.1) is 11.8 Å². The summed E-state index contributed by atoms with van der Waals surface area (Å²) in [7, 11) is 3.35. The number of fused-ring (bicyclic) bond motifs is 1. The molecule has 2 aromatic carbocycles. The number of hydrogen-bond acceptors (Lipinski definition) is 4. The Morgan fingerprint density at radius 3 is 2.67 bits per heavy atom. The topological polar surface area (TPSA) is 56.8 Å². The zero-order valence-corrected chi connectivity index (χ0v) is 15.7. The molecular weight excluding hydrogens is 342 g/mol. The molecule has 5 heteroatoms. The first kappa shape index (κ1) is 18.0. The van der Waals surface area contributed by atoms with Crippen molar-refractivity contribution in [3.8, 4) is 16.9 Å². The third-order valence-corrected chi connectivity index (χ3v) is 5.75. The van der Waals surface area contributed by atoms with E-state index in [1.807, 2.05) is 48.5 Å². The molecule has 2 aromatic rings. The van der Waals surface area contributed by atoms with E-state index in [-0.39, 0.29) is 24.0 Å². The van der Waals surface area contributed by atoms with Crippen LogP contribution in [0.1, 0.15) is 16.8 Å². The highest BCUT2D eigenvalue weighted by Crippen LogP contribution is 2.43. The molecule has 1 amide bonds. The number of carbonyl (C=O) groups excluding carboxylic acids is 1.